The van der Waals surface area contributed by atoms with Crippen molar-refractivity contribution in [3.63, 3.8) is 0 Å². The third-order valence-corrected chi connectivity index (χ3v) is 6.81. The zero-order valence-electron chi connectivity index (χ0n) is 20.0. The number of amides is 1. The lowest BCUT2D eigenvalue weighted by molar-refractivity contribution is 0.203. The maximum Gasteiger partial charge on any atom is 0.411 e. The fourth-order valence-electron chi connectivity index (χ4n) is 4.65. The van der Waals surface area contributed by atoms with Crippen molar-refractivity contribution in [2.45, 2.75) is 18.9 Å². The van der Waals surface area contributed by atoms with E-state index >= 15 is 0 Å². The third-order valence-electron chi connectivity index (χ3n) is 6.57. The van der Waals surface area contributed by atoms with Gasteiger partial charge in [0.1, 0.15) is 18.0 Å². The van der Waals surface area contributed by atoms with Gasteiger partial charge in [0.05, 0.1) is 29.3 Å². The van der Waals surface area contributed by atoms with E-state index < -0.39 is 6.09 Å². The summed E-state index contributed by atoms with van der Waals surface area (Å²) in [6.07, 6.45) is 3.40. The SMILES string of the molecule is CN(C(=O)O)c1ccc(-c2cnc(C3CCc4nc(-c5cc(Cl)ccc5-n5cnnn5)cc(=O)n43)[nH]2)cc1. The molecule has 0 saturated carbocycles. The van der Waals surface area contributed by atoms with Gasteiger partial charge in [-0.15, -0.1) is 5.10 Å². The number of carboxylic acid groups (broad SMARTS) is 1. The number of nitrogens with one attached hydrogen (secondary N) is 1. The molecule has 190 valence electrons. The highest BCUT2D eigenvalue weighted by molar-refractivity contribution is 6.31. The summed E-state index contributed by atoms with van der Waals surface area (Å²) < 4.78 is 3.16. The molecule has 1 atom stereocenters. The Balaban J connectivity index is 1.32. The minimum absolute atomic E-state index is 0.200. The molecule has 6 rings (SSSR count). The van der Waals surface area contributed by atoms with Crippen LogP contribution in [0.3, 0.4) is 0 Å². The van der Waals surface area contributed by atoms with Crippen LogP contribution in [0.5, 0.6) is 0 Å². The van der Waals surface area contributed by atoms with Crippen molar-refractivity contribution in [3.05, 3.63) is 88.1 Å². The van der Waals surface area contributed by atoms with Crippen molar-refractivity contribution >= 4 is 23.4 Å². The van der Waals surface area contributed by atoms with Crippen LogP contribution in [0.4, 0.5) is 10.5 Å². The summed E-state index contributed by atoms with van der Waals surface area (Å²) in [5.41, 5.74) is 3.76. The average Bonchev–Trinajstić information content (AvgIpc) is 3.69. The lowest BCUT2D eigenvalue weighted by Crippen LogP contribution is -2.25. The monoisotopic (exact) mass is 529 g/mol. The van der Waals surface area contributed by atoms with Crippen molar-refractivity contribution in [3.8, 4) is 28.2 Å². The molecule has 4 heterocycles. The van der Waals surface area contributed by atoms with Crippen LogP contribution in [0.25, 0.3) is 28.2 Å². The number of aromatic amines is 1. The minimum atomic E-state index is -1.04. The quantitative estimate of drug-likeness (QED) is 0.351. The lowest BCUT2D eigenvalue weighted by atomic mass is 10.1. The zero-order chi connectivity index (χ0) is 26.4. The van der Waals surface area contributed by atoms with E-state index in [1.165, 1.54) is 24.1 Å². The van der Waals surface area contributed by atoms with Crippen LogP contribution in [-0.4, -0.2) is 58.0 Å². The molecule has 38 heavy (non-hydrogen) atoms. The van der Waals surface area contributed by atoms with Crippen molar-refractivity contribution in [1.29, 1.82) is 0 Å². The number of tetrazole rings is 1. The Morgan fingerprint density at radius 3 is 2.74 bits per heavy atom. The summed E-state index contributed by atoms with van der Waals surface area (Å²) in [5.74, 6) is 1.30. The van der Waals surface area contributed by atoms with E-state index in [9.17, 15) is 9.59 Å². The molecule has 1 unspecified atom stereocenters. The Bertz CT molecular complexity index is 1710. The van der Waals surface area contributed by atoms with Gasteiger partial charge in [0.15, 0.2) is 0 Å². The van der Waals surface area contributed by atoms with Gasteiger partial charge in [-0.05, 0) is 52.7 Å². The molecule has 1 aliphatic rings. The number of anilines is 1. The molecular formula is C25H20ClN9O3. The molecule has 13 heteroatoms. The summed E-state index contributed by atoms with van der Waals surface area (Å²) in [6, 6.07) is 13.5. The van der Waals surface area contributed by atoms with Gasteiger partial charge in [0.25, 0.3) is 5.56 Å². The number of benzene rings is 2. The van der Waals surface area contributed by atoms with Crippen LogP contribution < -0.4 is 10.5 Å². The second-order valence-electron chi connectivity index (χ2n) is 8.81. The van der Waals surface area contributed by atoms with Crippen LogP contribution in [-0.2, 0) is 6.42 Å². The Morgan fingerprint density at radius 1 is 1.18 bits per heavy atom. The average molecular weight is 530 g/mol. The van der Waals surface area contributed by atoms with Gasteiger partial charge in [-0.2, -0.15) is 4.68 Å². The molecule has 0 bridgehead atoms. The van der Waals surface area contributed by atoms with Crippen molar-refractivity contribution in [1.82, 2.24) is 39.7 Å². The Labute approximate surface area is 220 Å². The molecule has 2 aromatic carbocycles. The normalized spacial score (nSPS) is 14.4. The predicted molar refractivity (Wildman–Crippen MR) is 139 cm³/mol. The smallest absolute Gasteiger partial charge is 0.411 e. The number of aryl methyl sites for hydroxylation is 1. The fourth-order valence-corrected chi connectivity index (χ4v) is 4.83. The van der Waals surface area contributed by atoms with E-state index in [-0.39, 0.29) is 11.6 Å². The lowest BCUT2D eigenvalue weighted by Gasteiger charge is -2.14. The molecule has 12 nitrogen and oxygen atoms in total. The first-order valence-corrected chi connectivity index (χ1v) is 12.0. The number of nitrogens with zero attached hydrogens (tertiary/aromatic N) is 8. The van der Waals surface area contributed by atoms with E-state index in [0.29, 0.717) is 52.1 Å². The first kappa shape index (κ1) is 23.6. The summed E-state index contributed by atoms with van der Waals surface area (Å²) >= 11 is 6.27. The maximum atomic E-state index is 13.4. The molecule has 1 aliphatic heterocycles. The Morgan fingerprint density at radius 2 is 2.00 bits per heavy atom. The number of carbonyl (C=O) groups is 1. The second-order valence-corrected chi connectivity index (χ2v) is 9.24. The van der Waals surface area contributed by atoms with Gasteiger partial charge in [-0.25, -0.2) is 14.8 Å². The number of imidazole rings is 1. The number of fused-ring (bicyclic) bond motifs is 1. The summed E-state index contributed by atoms with van der Waals surface area (Å²) in [6.45, 7) is 0. The molecule has 5 aromatic rings. The van der Waals surface area contributed by atoms with Crippen molar-refractivity contribution in [2.24, 2.45) is 0 Å². The highest BCUT2D eigenvalue weighted by Crippen LogP contribution is 2.32. The van der Waals surface area contributed by atoms with Crippen molar-refractivity contribution in [2.75, 3.05) is 11.9 Å². The van der Waals surface area contributed by atoms with E-state index in [0.717, 1.165) is 16.2 Å². The van der Waals surface area contributed by atoms with Gasteiger partial charge >= 0.3 is 6.09 Å². The molecule has 2 N–H and O–H groups in total. The Hall–Kier alpha value is -4.84. The summed E-state index contributed by atoms with van der Waals surface area (Å²) in [4.78, 5) is 38.4. The summed E-state index contributed by atoms with van der Waals surface area (Å²) in [7, 11) is 1.49. The standard InChI is InChI=1S/C25H20ClN9O3/c1-33(25(37)38)16-5-2-14(3-6-16)19-12-27-24(30-19)21-8-9-22-29-18(11-23(36)35(21)22)17-10-15(26)4-7-20(17)34-13-28-31-32-34/h2-7,10-13,21H,8-9H2,1H3,(H,27,30)(H,37,38). The van der Waals surface area contributed by atoms with Crippen molar-refractivity contribution < 1.29 is 9.90 Å². The molecule has 0 radical (unpaired) electrons. The molecule has 0 fully saturated rings. The van der Waals surface area contributed by atoms with E-state index in [2.05, 4.69) is 25.5 Å². The molecule has 0 aliphatic carbocycles. The minimum Gasteiger partial charge on any atom is -0.465 e. The van der Waals surface area contributed by atoms with Crippen LogP contribution >= 0.6 is 11.6 Å². The van der Waals surface area contributed by atoms with Gasteiger partial charge in [-0.3, -0.25) is 14.3 Å². The van der Waals surface area contributed by atoms with E-state index in [4.69, 9.17) is 21.7 Å². The molecular weight excluding hydrogens is 510 g/mol. The largest absolute Gasteiger partial charge is 0.465 e. The highest BCUT2D eigenvalue weighted by atomic mass is 35.5. The molecule has 3 aromatic heterocycles. The van der Waals surface area contributed by atoms with Crippen LogP contribution in [0.15, 0.2) is 65.8 Å². The molecule has 0 spiro atoms. The second kappa shape index (κ2) is 9.23. The number of rotatable bonds is 5. The van der Waals surface area contributed by atoms with Crippen LogP contribution in [0, 0.1) is 0 Å². The number of halogens is 1. The number of H-pyrrole nitrogens is 1. The van der Waals surface area contributed by atoms with Crippen LogP contribution in [0.2, 0.25) is 5.02 Å². The van der Waals surface area contributed by atoms with Gasteiger partial charge in [-0.1, -0.05) is 23.7 Å². The third kappa shape index (κ3) is 4.10. The van der Waals surface area contributed by atoms with E-state index in [1.807, 2.05) is 12.1 Å². The summed E-state index contributed by atoms with van der Waals surface area (Å²) in [5, 5.41) is 21.0. The van der Waals surface area contributed by atoms with Gasteiger partial charge < -0.3 is 10.1 Å². The number of hydrogen-bond donors (Lipinski definition) is 2. The number of hydrogen-bond acceptors (Lipinski definition) is 7. The maximum absolute atomic E-state index is 13.4. The van der Waals surface area contributed by atoms with E-state index in [1.54, 1.807) is 41.1 Å². The highest BCUT2D eigenvalue weighted by Gasteiger charge is 2.29. The van der Waals surface area contributed by atoms with Gasteiger partial charge in [0, 0.05) is 35.8 Å². The predicted octanol–water partition coefficient (Wildman–Crippen LogP) is 3.58. The van der Waals surface area contributed by atoms with Gasteiger partial charge in [0.2, 0.25) is 0 Å². The zero-order valence-corrected chi connectivity index (χ0v) is 20.7. The molecule has 1 amide bonds. The van der Waals surface area contributed by atoms with Crippen LogP contribution in [0.1, 0.15) is 24.1 Å². The Kier molecular flexibility index (Phi) is 5.72. The molecule has 0 saturated heterocycles. The number of aromatic nitrogens is 8. The fraction of sp³-hybridized carbons (Fsp3) is 0.160. The first-order chi connectivity index (χ1) is 18.4. The topological polar surface area (TPSA) is 148 Å². The first-order valence-electron chi connectivity index (χ1n) is 11.7.